The van der Waals surface area contributed by atoms with E-state index in [0.29, 0.717) is 11.5 Å². The maximum Gasteiger partial charge on any atom is 0.253 e. The number of nitrogens with zero attached hydrogens (tertiary/aromatic N) is 2. The molecule has 5 nitrogen and oxygen atoms in total. The molecule has 1 saturated carbocycles. The van der Waals surface area contributed by atoms with Gasteiger partial charge in [-0.25, -0.2) is 0 Å². The van der Waals surface area contributed by atoms with Crippen molar-refractivity contribution in [1.82, 2.24) is 15.2 Å². The van der Waals surface area contributed by atoms with Crippen molar-refractivity contribution >= 4 is 11.8 Å². The first-order valence-electron chi connectivity index (χ1n) is 9.27. The predicted molar refractivity (Wildman–Crippen MR) is 98.6 cm³/mol. The summed E-state index contributed by atoms with van der Waals surface area (Å²) in [5.74, 6) is 0.704. The molecule has 2 heterocycles. The Hall–Kier alpha value is -2.69. The quantitative estimate of drug-likeness (QED) is 0.923. The fraction of sp³-hybridized carbons (Fsp3) is 0.381. The van der Waals surface area contributed by atoms with Gasteiger partial charge in [0, 0.05) is 37.4 Å². The van der Waals surface area contributed by atoms with Gasteiger partial charge >= 0.3 is 0 Å². The van der Waals surface area contributed by atoms with Crippen LogP contribution in [-0.4, -0.2) is 40.8 Å². The average molecular weight is 349 g/mol. The lowest BCUT2D eigenvalue weighted by molar-refractivity contribution is -0.133. The van der Waals surface area contributed by atoms with E-state index in [2.05, 4.69) is 22.4 Å². The Kier molecular flexibility index (Phi) is 4.69. The van der Waals surface area contributed by atoms with Crippen molar-refractivity contribution in [1.29, 1.82) is 0 Å². The maximum atomic E-state index is 12.7. The molecule has 2 fully saturated rings. The summed E-state index contributed by atoms with van der Waals surface area (Å²) in [6.45, 7) is 1.43. The summed E-state index contributed by atoms with van der Waals surface area (Å²) in [6.07, 6.45) is 5.80. The molecule has 1 aliphatic heterocycles. The van der Waals surface area contributed by atoms with Crippen LogP contribution in [0.2, 0.25) is 0 Å². The first kappa shape index (κ1) is 16.8. The molecule has 134 valence electrons. The standard InChI is InChI=1S/C21H23N3O2/c25-20(16-7-4-10-22-14-16)23-17-8-11-24(12-9-17)21(26)19-13-18(19)15-5-2-1-3-6-15/h1-7,10,14,17-19H,8-9,11-13H2,(H,23,25)/t18-,19+/m0/s1. The topological polar surface area (TPSA) is 62.3 Å². The van der Waals surface area contributed by atoms with Crippen molar-refractivity contribution in [3.05, 3.63) is 66.0 Å². The van der Waals surface area contributed by atoms with E-state index in [1.54, 1.807) is 24.5 Å². The third-order valence-corrected chi connectivity index (χ3v) is 5.40. The van der Waals surface area contributed by atoms with Crippen LogP contribution in [0.25, 0.3) is 0 Å². The number of hydrogen-bond donors (Lipinski definition) is 1. The smallest absolute Gasteiger partial charge is 0.253 e. The zero-order valence-electron chi connectivity index (χ0n) is 14.7. The minimum Gasteiger partial charge on any atom is -0.349 e. The summed E-state index contributed by atoms with van der Waals surface area (Å²) in [6, 6.07) is 13.9. The first-order valence-corrected chi connectivity index (χ1v) is 9.27. The Labute approximate surface area is 153 Å². The molecule has 0 radical (unpaired) electrons. The molecule has 1 aromatic carbocycles. The SMILES string of the molecule is O=C(NC1CCN(C(=O)[C@@H]2C[C@H]2c2ccccc2)CC1)c1cccnc1. The van der Waals surface area contributed by atoms with Crippen LogP contribution in [0, 0.1) is 5.92 Å². The largest absolute Gasteiger partial charge is 0.349 e. The predicted octanol–water partition coefficient (Wildman–Crippen LogP) is 2.61. The molecule has 1 saturated heterocycles. The molecule has 0 unspecified atom stereocenters. The number of likely N-dealkylation sites (tertiary alicyclic amines) is 1. The van der Waals surface area contributed by atoms with Crippen molar-refractivity contribution in [2.24, 2.45) is 5.92 Å². The summed E-state index contributed by atoms with van der Waals surface area (Å²) in [5, 5.41) is 3.06. The molecule has 1 N–H and O–H groups in total. The van der Waals surface area contributed by atoms with E-state index in [1.807, 2.05) is 23.1 Å². The number of rotatable bonds is 4. The van der Waals surface area contributed by atoms with Crippen molar-refractivity contribution in [2.45, 2.75) is 31.2 Å². The van der Waals surface area contributed by atoms with Crippen LogP contribution in [0.3, 0.4) is 0 Å². The molecule has 0 spiro atoms. The van der Waals surface area contributed by atoms with Gasteiger partial charge in [0.05, 0.1) is 5.56 Å². The molecule has 4 rings (SSSR count). The highest BCUT2D eigenvalue weighted by molar-refractivity contribution is 5.94. The Balaban J connectivity index is 1.26. The zero-order valence-corrected chi connectivity index (χ0v) is 14.7. The van der Waals surface area contributed by atoms with Crippen LogP contribution in [0.5, 0.6) is 0 Å². The van der Waals surface area contributed by atoms with Crippen molar-refractivity contribution in [3.63, 3.8) is 0 Å². The van der Waals surface area contributed by atoms with Crippen LogP contribution >= 0.6 is 0 Å². The third kappa shape index (κ3) is 3.62. The Morgan fingerprint density at radius 3 is 2.50 bits per heavy atom. The molecular weight excluding hydrogens is 326 g/mol. The van der Waals surface area contributed by atoms with Gasteiger partial charge in [0.15, 0.2) is 0 Å². The number of nitrogens with one attached hydrogen (secondary N) is 1. The van der Waals surface area contributed by atoms with Gasteiger partial charge in [-0.2, -0.15) is 0 Å². The third-order valence-electron chi connectivity index (χ3n) is 5.40. The second-order valence-corrected chi connectivity index (χ2v) is 7.17. The van der Waals surface area contributed by atoms with Crippen molar-refractivity contribution < 1.29 is 9.59 Å². The summed E-state index contributed by atoms with van der Waals surface area (Å²) < 4.78 is 0. The van der Waals surface area contributed by atoms with Gasteiger partial charge < -0.3 is 10.2 Å². The van der Waals surface area contributed by atoms with E-state index in [1.165, 1.54) is 5.56 Å². The Morgan fingerprint density at radius 1 is 1.04 bits per heavy atom. The summed E-state index contributed by atoms with van der Waals surface area (Å²) in [4.78, 5) is 30.9. The second-order valence-electron chi connectivity index (χ2n) is 7.17. The zero-order chi connectivity index (χ0) is 17.9. The van der Waals surface area contributed by atoms with E-state index in [4.69, 9.17) is 0 Å². The van der Waals surface area contributed by atoms with Gasteiger partial charge in [0.2, 0.25) is 5.91 Å². The number of carbonyl (C=O) groups is 2. The molecule has 0 bridgehead atoms. The molecule has 1 aromatic heterocycles. The molecule has 26 heavy (non-hydrogen) atoms. The number of piperidine rings is 1. The van der Waals surface area contributed by atoms with Gasteiger partial charge in [-0.3, -0.25) is 14.6 Å². The molecule has 2 amide bonds. The van der Waals surface area contributed by atoms with E-state index < -0.39 is 0 Å². The lowest BCUT2D eigenvalue weighted by Gasteiger charge is -2.32. The number of hydrogen-bond acceptors (Lipinski definition) is 3. The monoisotopic (exact) mass is 349 g/mol. The summed E-state index contributed by atoms with van der Waals surface area (Å²) >= 11 is 0. The van der Waals surface area contributed by atoms with Crippen LogP contribution in [0.4, 0.5) is 0 Å². The van der Waals surface area contributed by atoms with Crippen LogP contribution in [0.15, 0.2) is 54.9 Å². The normalized spacial score (nSPS) is 22.7. The van der Waals surface area contributed by atoms with E-state index >= 15 is 0 Å². The minimum atomic E-state index is -0.0887. The molecular formula is C21H23N3O2. The highest BCUT2D eigenvalue weighted by atomic mass is 16.2. The minimum absolute atomic E-state index is 0.0887. The number of benzene rings is 1. The second kappa shape index (κ2) is 7.28. The highest BCUT2D eigenvalue weighted by Crippen LogP contribution is 2.48. The molecule has 2 aliphatic rings. The number of aromatic nitrogens is 1. The first-order chi connectivity index (χ1) is 12.7. The van der Waals surface area contributed by atoms with Gasteiger partial charge in [-0.15, -0.1) is 0 Å². The number of amides is 2. The van der Waals surface area contributed by atoms with Crippen LogP contribution in [-0.2, 0) is 4.79 Å². The van der Waals surface area contributed by atoms with Gasteiger partial charge in [-0.05, 0) is 42.9 Å². The lowest BCUT2D eigenvalue weighted by atomic mass is 10.0. The average Bonchev–Trinajstić information content (AvgIpc) is 3.50. The number of carbonyl (C=O) groups excluding carboxylic acids is 2. The Morgan fingerprint density at radius 2 is 1.81 bits per heavy atom. The van der Waals surface area contributed by atoms with Crippen LogP contribution < -0.4 is 5.32 Å². The maximum absolute atomic E-state index is 12.7. The molecule has 2 atom stereocenters. The molecule has 1 aliphatic carbocycles. The van der Waals surface area contributed by atoms with E-state index in [-0.39, 0.29) is 23.8 Å². The van der Waals surface area contributed by atoms with Crippen LogP contribution in [0.1, 0.15) is 41.1 Å². The fourth-order valence-corrected chi connectivity index (χ4v) is 3.78. The van der Waals surface area contributed by atoms with Crippen molar-refractivity contribution in [3.8, 4) is 0 Å². The molecule has 5 heteroatoms. The highest BCUT2D eigenvalue weighted by Gasteiger charge is 2.46. The number of pyridine rings is 1. The fourth-order valence-electron chi connectivity index (χ4n) is 3.78. The van der Waals surface area contributed by atoms with Gasteiger partial charge in [-0.1, -0.05) is 30.3 Å². The molecule has 2 aromatic rings. The van der Waals surface area contributed by atoms with Gasteiger partial charge in [0.25, 0.3) is 5.91 Å². The van der Waals surface area contributed by atoms with E-state index in [0.717, 1.165) is 32.4 Å². The lowest BCUT2D eigenvalue weighted by Crippen LogP contribution is -2.47. The van der Waals surface area contributed by atoms with Gasteiger partial charge in [0.1, 0.15) is 0 Å². The Bertz CT molecular complexity index is 770. The summed E-state index contributed by atoms with van der Waals surface area (Å²) in [7, 11) is 0. The van der Waals surface area contributed by atoms with Crippen molar-refractivity contribution in [2.75, 3.05) is 13.1 Å². The summed E-state index contributed by atoms with van der Waals surface area (Å²) in [5.41, 5.74) is 1.85. The van der Waals surface area contributed by atoms with E-state index in [9.17, 15) is 9.59 Å².